The SMILES string of the molecule is CS(=O)(=O)N(CCCN1CCCC1)C1CCCN(S(=O)(=O)c2ccc(F)cc2)C1. The summed E-state index contributed by atoms with van der Waals surface area (Å²) in [6.45, 7) is 3.83. The molecule has 1 aromatic carbocycles. The summed E-state index contributed by atoms with van der Waals surface area (Å²) in [7, 11) is -7.24. The molecule has 0 spiro atoms. The van der Waals surface area contributed by atoms with Gasteiger partial charge in [0.15, 0.2) is 0 Å². The van der Waals surface area contributed by atoms with Crippen molar-refractivity contribution in [3.63, 3.8) is 0 Å². The number of hydrogen-bond donors (Lipinski definition) is 0. The molecule has 2 aliphatic rings. The van der Waals surface area contributed by atoms with E-state index in [9.17, 15) is 21.2 Å². The molecule has 2 heterocycles. The first-order chi connectivity index (χ1) is 13.7. The van der Waals surface area contributed by atoms with E-state index in [0.717, 1.165) is 38.2 Å². The van der Waals surface area contributed by atoms with Crippen LogP contribution in [-0.2, 0) is 20.0 Å². The number of benzene rings is 1. The highest BCUT2D eigenvalue weighted by Gasteiger charge is 2.35. The van der Waals surface area contributed by atoms with Crippen molar-refractivity contribution in [3.05, 3.63) is 30.1 Å². The monoisotopic (exact) mass is 447 g/mol. The summed E-state index contributed by atoms with van der Waals surface area (Å²) in [4.78, 5) is 2.37. The fraction of sp³-hybridized carbons (Fsp3) is 0.684. The Bertz CT molecular complexity index is 885. The average molecular weight is 448 g/mol. The highest BCUT2D eigenvalue weighted by Crippen LogP contribution is 2.25. The van der Waals surface area contributed by atoms with E-state index in [4.69, 9.17) is 0 Å². The van der Waals surface area contributed by atoms with Gasteiger partial charge in [0, 0.05) is 25.7 Å². The van der Waals surface area contributed by atoms with Crippen molar-refractivity contribution in [2.45, 2.75) is 43.0 Å². The standard InChI is InChI=1S/C19H30FN3O4S2/c1-28(24,25)23(15-5-13-21-11-2-3-12-21)18-6-4-14-22(16-18)29(26,27)19-9-7-17(20)8-10-19/h7-10,18H,2-6,11-16H2,1H3. The predicted octanol–water partition coefficient (Wildman–Crippen LogP) is 1.73. The Hall–Kier alpha value is -1.07. The molecule has 7 nitrogen and oxygen atoms in total. The lowest BCUT2D eigenvalue weighted by Gasteiger charge is -2.37. The van der Waals surface area contributed by atoms with Crippen LogP contribution < -0.4 is 0 Å². The molecule has 2 aliphatic heterocycles. The number of hydrogen-bond acceptors (Lipinski definition) is 5. The van der Waals surface area contributed by atoms with Crippen LogP contribution in [0, 0.1) is 5.82 Å². The zero-order valence-electron chi connectivity index (χ0n) is 16.8. The van der Waals surface area contributed by atoms with E-state index >= 15 is 0 Å². The molecular weight excluding hydrogens is 417 g/mol. The molecule has 0 aliphatic carbocycles. The van der Waals surface area contributed by atoms with E-state index in [1.165, 1.54) is 39.8 Å². The maximum atomic E-state index is 13.2. The maximum Gasteiger partial charge on any atom is 0.243 e. The smallest absolute Gasteiger partial charge is 0.243 e. The molecule has 1 unspecified atom stereocenters. The van der Waals surface area contributed by atoms with Gasteiger partial charge in [-0.15, -0.1) is 0 Å². The molecule has 1 aromatic rings. The van der Waals surface area contributed by atoms with Crippen molar-refractivity contribution in [2.24, 2.45) is 0 Å². The van der Waals surface area contributed by atoms with Crippen LogP contribution in [0.3, 0.4) is 0 Å². The Balaban J connectivity index is 1.69. The average Bonchev–Trinajstić information content (AvgIpc) is 3.18. The third-order valence-corrected chi connectivity index (χ3v) is 8.91. The van der Waals surface area contributed by atoms with Gasteiger partial charge in [0.1, 0.15) is 5.82 Å². The highest BCUT2D eigenvalue weighted by molar-refractivity contribution is 7.89. The van der Waals surface area contributed by atoms with Crippen LogP contribution in [0.5, 0.6) is 0 Å². The van der Waals surface area contributed by atoms with Gasteiger partial charge in [0.2, 0.25) is 20.0 Å². The predicted molar refractivity (Wildman–Crippen MR) is 110 cm³/mol. The van der Waals surface area contributed by atoms with E-state index in [-0.39, 0.29) is 17.5 Å². The number of halogens is 1. The molecule has 0 bridgehead atoms. The van der Waals surface area contributed by atoms with Gasteiger partial charge >= 0.3 is 0 Å². The number of rotatable bonds is 8. The summed E-state index contributed by atoms with van der Waals surface area (Å²) in [5, 5.41) is 0. The Morgan fingerprint density at radius 3 is 2.31 bits per heavy atom. The van der Waals surface area contributed by atoms with E-state index in [0.29, 0.717) is 25.9 Å². The minimum atomic E-state index is -3.79. The van der Waals surface area contributed by atoms with Crippen molar-refractivity contribution in [3.8, 4) is 0 Å². The summed E-state index contributed by atoms with van der Waals surface area (Å²) < 4.78 is 66.7. The fourth-order valence-electron chi connectivity index (χ4n) is 4.21. The fourth-order valence-corrected chi connectivity index (χ4v) is 6.90. The van der Waals surface area contributed by atoms with Crippen LogP contribution in [-0.4, -0.2) is 81.9 Å². The van der Waals surface area contributed by atoms with Gasteiger partial charge in [0.25, 0.3) is 0 Å². The third kappa shape index (κ3) is 5.75. The first-order valence-corrected chi connectivity index (χ1v) is 13.4. The molecule has 0 amide bonds. The van der Waals surface area contributed by atoms with Crippen molar-refractivity contribution >= 4 is 20.0 Å². The number of likely N-dealkylation sites (tertiary alicyclic amines) is 1. The van der Waals surface area contributed by atoms with Gasteiger partial charge in [-0.3, -0.25) is 0 Å². The van der Waals surface area contributed by atoms with Crippen LogP contribution in [0.1, 0.15) is 32.1 Å². The molecule has 0 N–H and O–H groups in total. The summed E-state index contributed by atoms with van der Waals surface area (Å²) in [6.07, 6.45) is 5.52. The Morgan fingerprint density at radius 2 is 1.69 bits per heavy atom. The number of nitrogens with zero attached hydrogens (tertiary/aromatic N) is 3. The molecule has 164 valence electrons. The molecular formula is C19H30FN3O4S2. The first-order valence-electron chi connectivity index (χ1n) is 10.1. The molecule has 29 heavy (non-hydrogen) atoms. The summed E-state index contributed by atoms with van der Waals surface area (Å²) in [5.41, 5.74) is 0. The van der Waals surface area contributed by atoms with Crippen LogP contribution in [0.4, 0.5) is 4.39 Å². The highest BCUT2D eigenvalue weighted by atomic mass is 32.2. The van der Waals surface area contributed by atoms with Crippen LogP contribution in [0.25, 0.3) is 0 Å². The van der Waals surface area contributed by atoms with Crippen molar-refractivity contribution < 1.29 is 21.2 Å². The van der Waals surface area contributed by atoms with Gasteiger partial charge in [-0.1, -0.05) is 0 Å². The second-order valence-corrected chi connectivity index (χ2v) is 11.8. The lowest BCUT2D eigenvalue weighted by atomic mass is 10.1. The maximum absolute atomic E-state index is 13.2. The van der Waals surface area contributed by atoms with Gasteiger partial charge in [-0.05, 0) is 76.0 Å². The van der Waals surface area contributed by atoms with E-state index in [1.54, 1.807) is 0 Å². The zero-order valence-corrected chi connectivity index (χ0v) is 18.5. The largest absolute Gasteiger partial charge is 0.303 e. The van der Waals surface area contributed by atoms with E-state index in [2.05, 4.69) is 4.90 Å². The molecule has 2 fully saturated rings. The Labute approximate surface area is 173 Å². The summed E-state index contributed by atoms with van der Waals surface area (Å²) >= 11 is 0. The molecule has 2 saturated heterocycles. The van der Waals surface area contributed by atoms with Gasteiger partial charge in [0.05, 0.1) is 11.2 Å². The van der Waals surface area contributed by atoms with Crippen molar-refractivity contribution in [2.75, 3.05) is 45.5 Å². The van der Waals surface area contributed by atoms with Crippen molar-refractivity contribution in [1.29, 1.82) is 0 Å². The summed E-state index contributed by atoms with van der Waals surface area (Å²) in [6, 6.07) is 4.36. The molecule has 0 aromatic heterocycles. The Kier molecular flexibility index (Phi) is 7.32. The lowest BCUT2D eigenvalue weighted by Crippen LogP contribution is -2.51. The second-order valence-electron chi connectivity index (χ2n) is 7.89. The van der Waals surface area contributed by atoms with Gasteiger partial charge in [-0.2, -0.15) is 8.61 Å². The quantitative estimate of drug-likeness (QED) is 0.607. The molecule has 1 atom stereocenters. The lowest BCUT2D eigenvalue weighted by molar-refractivity contribution is 0.203. The van der Waals surface area contributed by atoms with Crippen LogP contribution in [0.2, 0.25) is 0 Å². The molecule has 0 saturated carbocycles. The topological polar surface area (TPSA) is 78.0 Å². The molecule has 3 rings (SSSR count). The van der Waals surface area contributed by atoms with Gasteiger partial charge < -0.3 is 4.90 Å². The van der Waals surface area contributed by atoms with E-state index in [1.807, 2.05) is 0 Å². The second kappa shape index (κ2) is 9.38. The van der Waals surface area contributed by atoms with Crippen LogP contribution in [0.15, 0.2) is 29.2 Å². The Morgan fingerprint density at radius 1 is 1.03 bits per heavy atom. The van der Waals surface area contributed by atoms with Crippen molar-refractivity contribution in [1.82, 2.24) is 13.5 Å². The zero-order chi connectivity index (χ0) is 21.1. The minimum absolute atomic E-state index is 0.0273. The third-order valence-electron chi connectivity index (χ3n) is 5.70. The first kappa shape index (κ1) is 22.6. The summed E-state index contributed by atoms with van der Waals surface area (Å²) in [5.74, 6) is -0.498. The molecule has 10 heteroatoms. The van der Waals surface area contributed by atoms with Crippen LogP contribution >= 0.6 is 0 Å². The number of piperidine rings is 1. The van der Waals surface area contributed by atoms with Gasteiger partial charge in [-0.25, -0.2) is 21.2 Å². The minimum Gasteiger partial charge on any atom is -0.303 e. The van der Waals surface area contributed by atoms with E-state index < -0.39 is 25.9 Å². The normalized spacial score (nSPS) is 22.4. The molecule has 0 radical (unpaired) electrons. The number of sulfonamides is 2.